The zero-order valence-electron chi connectivity index (χ0n) is 8.36. The molecular formula is C9H17NO4. The van der Waals surface area contributed by atoms with Crippen LogP contribution in [0.5, 0.6) is 0 Å². The van der Waals surface area contributed by atoms with Crippen LogP contribution in [0.1, 0.15) is 13.3 Å². The Morgan fingerprint density at radius 1 is 1.57 bits per heavy atom. The van der Waals surface area contributed by atoms with Crippen LogP contribution in [0.4, 0.5) is 0 Å². The predicted molar refractivity (Wildman–Crippen MR) is 49.9 cm³/mol. The number of aliphatic hydroxyl groups is 1. The van der Waals surface area contributed by atoms with Gasteiger partial charge >= 0.3 is 5.97 Å². The normalized spacial score (nSPS) is 26.4. The summed E-state index contributed by atoms with van der Waals surface area (Å²) in [4.78, 5) is 11.3. The number of carbonyl (C=O) groups excluding carboxylic acids is 1. The topological polar surface area (TPSA) is 67.8 Å². The highest BCUT2D eigenvalue weighted by Gasteiger charge is 2.28. The molecule has 0 aromatic heterocycles. The fourth-order valence-electron chi connectivity index (χ4n) is 1.34. The molecule has 0 amide bonds. The van der Waals surface area contributed by atoms with Crippen molar-refractivity contribution in [2.45, 2.75) is 25.5 Å². The molecule has 82 valence electrons. The maximum absolute atomic E-state index is 11.3. The molecule has 0 unspecified atom stereocenters. The van der Waals surface area contributed by atoms with Crippen molar-refractivity contribution in [3.63, 3.8) is 0 Å². The summed E-state index contributed by atoms with van der Waals surface area (Å²) < 4.78 is 9.96. The molecule has 0 aliphatic carbocycles. The van der Waals surface area contributed by atoms with Crippen LogP contribution in [0.15, 0.2) is 0 Å². The van der Waals surface area contributed by atoms with Crippen LogP contribution in [0.3, 0.4) is 0 Å². The third-order valence-electron chi connectivity index (χ3n) is 2.07. The summed E-state index contributed by atoms with van der Waals surface area (Å²) in [5.74, 6) is -0.304. The van der Waals surface area contributed by atoms with E-state index in [1.54, 1.807) is 0 Å². The van der Waals surface area contributed by atoms with Gasteiger partial charge in [0.25, 0.3) is 0 Å². The van der Waals surface area contributed by atoms with Crippen LogP contribution in [-0.4, -0.2) is 49.6 Å². The third-order valence-corrected chi connectivity index (χ3v) is 2.07. The first-order valence-corrected chi connectivity index (χ1v) is 4.90. The average Bonchev–Trinajstić information content (AvgIpc) is 2.59. The maximum Gasteiger partial charge on any atom is 0.323 e. The summed E-state index contributed by atoms with van der Waals surface area (Å²) in [6.07, 6.45) is 0.00689. The Morgan fingerprint density at radius 2 is 2.36 bits per heavy atom. The summed E-state index contributed by atoms with van der Waals surface area (Å²) in [5.41, 5.74) is 0. The summed E-state index contributed by atoms with van der Waals surface area (Å²) in [5, 5.41) is 12.0. The lowest BCUT2D eigenvalue weighted by Gasteiger charge is -2.09. The van der Waals surface area contributed by atoms with Crippen LogP contribution < -0.4 is 5.32 Å². The van der Waals surface area contributed by atoms with Gasteiger partial charge < -0.3 is 19.9 Å². The standard InChI is InChI=1S/C9H17NO4/c1-2-13-3-4-14-9(12)8-5-7(11)6-10-8/h7-8,10-11H,2-6H2,1H3/t7-,8-/m0/s1. The van der Waals surface area contributed by atoms with Gasteiger partial charge in [-0.15, -0.1) is 0 Å². The molecule has 5 heteroatoms. The lowest BCUT2D eigenvalue weighted by molar-refractivity contribution is -0.147. The molecule has 1 heterocycles. The highest BCUT2D eigenvalue weighted by molar-refractivity contribution is 5.76. The number of esters is 1. The van der Waals surface area contributed by atoms with Gasteiger partial charge in [-0.1, -0.05) is 0 Å². The van der Waals surface area contributed by atoms with Crippen LogP contribution in [0.25, 0.3) is 0 Å². The van der Waals surface area contributed by atoms with E-state index in [9.17, 15) is 4.79 Å². The number of hydrogen-bond acceptors (Lipinski definition) is 5. The van der Waals surface area contributed by atoms with Crippen molar-refractivity contribution < 1.29 is 19.4 Å². The summed E-state index contributed by atoms with van der Waals surface area (Å²) in [7, 11) is 0. The second-order valence-electron chi connectivity index (χ2n) is 3.21. The Kier molecular flexibility index (Phi) is 4.86. The molecule has 0 aromatic carbocycles. The van der Waals surface area contributed by atoms with Gasteiger partial charge in [0.2, 0.25) is 0 Å². The molecule has 0 bridgehead atoms. The lowest BCUT2D eigenvalue weighted by Crippen LogP contribution is -2.33. The first kappa shape index (κ1) is 11.4. The molecular weight excluding hydrogens is 186 g/mol. The number of ether oxygens (including phenoxy) is 2. The van der Waals surface area contributed by atoms with E-state index in [4.69, 9.17) is 14.6 Å². The Hall–Kier alpha value is -0.650. The van der Waals surface area contributed by atoms with Gasteiger partial charge in [0, 0.05) is 19.6 Å². The number of hydrogen-bond donors (Lipinski definition) is 2. The van der Waals surface area contributed by atoms with E-state index >= 15 is 0 Å². The average molecular weight is 203 g/mol. The van der Waals surface area contributed by atoms with Gasteiger partial charge in [-0.3, -0.25) is 4.79 Å². The number of β-amino-alcohol motifs (C(OH)–C–C–N with tert-alkyl or cyclic N) is 1. The lowest BCUT2D eigenvalue weighted by atomic mass is 10.2. The van der Waals surface area contributed by atoms with Crippen molar-refractivity contribution in [3.8, 4) is 0 Å². The Labute approximate surface area is 83.4 Å². The zero-order chi connectivity index (χ0) is 10.4. The monoisotopic (exact) mass is 203 g/mol. The maximum atomic E-state index is 11.3. The van der Waals surface area contributed by atoms with Crippen molar-refractivity contribution in [2.75, 3.05) is 26.4 Å². The van der Waals surface area contributed by atoms with Crippen LogP contribution in [-0.2, 0) is 14.3 Å². The van der Waals surface area contributed by atoms with E-state index in [1.165, 1.54) is 0 Å². The smallest absolute Gasteiger partial charge is 0.323 e. The molecule has 0 radical (unpaired) electrons. The van der Waals surface area contributed by atoms with Gasteiger partial charge in [0.1, 0.15) is 12.6 Å². The molecule has 0 aromatic rings. The number of nitrogens with one attached hydrogen (secondary N) is 1. The van der Waals surface area contributed by atoms with Crippen LogP contribution in [0.2, 0.25) is 0 Å². The van der Waals surface area contributed by atoms with E-state index in [2.05, 4.69) is 5.32 Å². The van der Waals surface area contributed by atoms with Gasteiger partial charge in [-0.05, 0) is 6.92 Å². The van der Waals surface area contributed by atoms with E-state index in [1.807, 2.05) is 6.92 Å². The first-order chi connectivity index (χ1) is 6.74. The highest BCUT2D eigenvalue weighted by Crippen LogP contribution is 2.07. The van der Waals surface area contributed by atoms with E-state index in [0.29, 0.717) is 26.2 Å². The summed E-state index contributed by atoms with van der Waals surface area (Å²) in [6, 6.07) is -0.355. The van der Waals surface area contributed by atoms with E-state index in [-0.39, 0.29) is 18.6 Å². The Morgan fingerprint density at radius 3 is 2.93 bits per heavy atom. The highest BCUT2D eigenvalue weighted by atomic mass is 16.6. The van der Waals surface area contributed by atoms with Crippen molar-refractivity contribution in [1.29, 1.82) is 0 Å². The van der Waals surface area contributed by atoms with E-state index < -0.39 is 6.10 Å². The molecule has 0 saturated carbocycles. The van der Waals surface area contributed by atoms with Gasteiger partial charge in [0.15, 0.2) is 0 Å². The van der Waals surface area contributed by atoms with Crippen LogP contribution >= 0.6 is 0 Å². The molecule has 1 rings (SSSR count). The fraction of sp³-hybridized carbons (Fsp3) is 0.889. The largest absolute Gasteiger partial charge is 0.462 e. The van der Waals surface area contributed by atoms with Crippen molar-refractivity contribution in [2.24, 2.45) is 0 Å². The predicted octanol–water partition coefficient (Wildman–Crippen LogP) is -0.711. The minimum atomic E-state index is -0.431. The second kappa shape index (κ2) is 5.95. The van der Waals surface area contributed by atoms with Crippen molar-refractivity contribution in [1.82, 2.24) is 5.32 Å². The SMILES string of the molecule is CCOCCOC(=O)[C@@H]1C[C@H](O)CN1. The summed E-state index contributed by atoms with van der Waals surface area (Å²) >= 11 is 0. The quantitative estimate of drug-likeness (QED) is 0.456. The molecule has 2 atom stereocenters. The third kappa shape index (κ3) is 3.61. The van der Waals surface area contributed by atoms with Gasteiger partial charge in [-0.2, -0.15) is 0 Å². The molecule has 1 aliphatic heterocycles. The molecule has 5 nitrogen and oxygen atoms in total. The fourth-order valence-corrected chi connectivity index (χ4v) is 1.34. The number of carbonyl (C=O) groups is 1. The van der Waals surface area contributed by atoms with Crippen LogP contribution in [0, 0.1) is 0 Å². The van der Waals surface area contributed by atoms with Gasteiger partial charge in [0.05, 0.1) is 12.7 Å². The van der Waals surface area contributed by atoms with Crippen molar-refractivity contribution >= 4 is 5.97 Å². The first-order valence-electron chi connectivity index (χ1n) is 4.90. The number of aliphatic hydroxyl groups excluding tert-OH is 1. The molecule has 1 aliphatic rings. The Bertz CT molecular complexity index is 186. The zero-order valence-corrected chi connectivity index (χ0v) is 8.36. The summed E-state index contributed by atoms with van der Waals surface area (Å²) in [6.45, 7) is 3.68. The second-order valence-corrected chi connectivity index (χ2v) is 3.21. The molecule has 0 spiro atoms. The molecule has 1 fully saturated rings. The van der Waals surface area contributed by atoms with Gasteiger partial charge in [-0.25, -0.2) is 0 Å². The minimum absolute atomic E-state index is 0.279. The van der Waals surface area contributed by atoms with Crippen molar-refractivity contribution in [3.05, 3.63) is 0 Å². The Balaban J connectivity index is 2.09. The minimum Gasteiger partial charge on any atom is -0.462 e. The van der Waals surface area contributed by atoms with E-state index in [0.717, 1.165) is 0 Å². The molecule has 1 saturated heterocycles. The molecule has 14 heavy (non-hydrogen) atoms. The number of rotatable bonds is 5. The molecule has 2 N–H and O–H groups in total.